The highest BCUT2D eigenvalue weighted by Crippen LogP contribution is 2.49. The number of hydrogen-bond donors (Lipinski definition) is 0. The molecule has 0 spiro atoms. The predicted molar refractivity (Wildman–Crippen MR) is 114 cm³/mol. The lowest BCUT2D eigenvalue weighted by Gasteiger charge is -2.45. The smallest absolute Gasteiger partial charge is 0.103 e. The van der Waals surface area contributed by atoms with E-state index in [0.29, 0.717) is 35.5 Å². The van der Waals surface area contributed by atoms with E-state index in [-0.39, 0.29) is 0 Å². The molecule has 162 valence electrons. The molecule has 0 aliphatic heterocycles. The zero-order chi connectivity index (χ0) is 19.7. The summed E-state index contributed by atoms with van der Waals surface area (Å²) < 4.78 is 30.3. The van der Waals surface area contributed by atoms with Crippen molar-refractivity contribution in [2.75, 3.05) is 0 Å². The van der Waals surface area contributed by atoms with Crippen molar-refractivity contribution < 1.29 is 8.78 Å². The first-order chi connectivity index (χ1) is 13.5. The molecule has 4 fully saturated rings. The monoisotopic (exact) mass is 394 g/mol. The van der Waals surface area contributed by atoms with Crippen LogP contribution in [0.1, 0.15) is 104 Å². The summed E-state index contributed by atoms with van der Waals surface area (Å²) in [4.78, 5) is 0. The van der Waals surface area contributed by atoms with Crippen LogP contribution in [0.4, 0.5) is 8.78 Å². The molecule has 0 bridgehead atoms. The Hall–Kier alpha value is -0.140. The Morgan fingerprint density at radius 3 is 1.07 bits per heavy atom. The first-order valence-corrected chi connectivity index (χ1v) is 12.8. The van der Waals surface area contributed by atoms with Gasteiger partial charge in [0.25, 0.3) is 0 Å². The van der Waals surface area contributed by atoms with E-state index < -0.39 is 12.3 Å². The molecular weight excluding hydrogens is 350 g/mol. The predicted octanol–water partition coefficient (Wildman–Crippen LogP) is 8.15. The quantitative estimate of drug-likeness (QED) is 0.453. The van der Waals surface area contributed by atoms with Crippen LogP contribution in [0.25, 0.3) is 0 Å². The average molecular weight is 395 g/mol. The van der Waals surface area contributed by atoms with Crippen LogP contribution >= 0.6 is 0 Å². The maximum absolute atomic E-state index is 15.1. The highest BCUT2D eigenvalue weighted by Gasteiger charge is 2.43. The fourth-order valence-corrected chi connectivity index (χ4v) is 7.68. The minimum absolute atomic E-state index is 0.311. The van der Waals surface area contributed by atoms with Gasteiger partial charge in [-0.25, -0.2) is 8.78 Å². The summed E-state index contributed by atoms with van der Waals surface area (Å²) in [6.07, 6.45) is 14.9. The molecule has 0 radical (unpaired) electrons. The third-order valence-corrected chi connectivity index (χ3v) is 9.73. The second-order valence-corrected chi connectivity index (χ2v) is 11.5. The molecule has 0 amide bonds. The number of alkyl halides is 2. The van der Waals surface area contributed by atoms with Crippen LogP contribution in [-0.2, 0) is 0 Å². The van der Waals surface area contributed by atoms with E-state index in [0.717, 1.165) is 37.5 Å². The van der Waals surface area contributed by atoms with Crippen LogP contribution in [0.5, 0.6) is 0 Å². The second kappa shape index (κ2) is 9.34. The van der Waals surface area contributed by atoms with Gasteiger partial charge in [-0.2, -0.15) is 0 Å². The summed E-state index contributed by atoms with van der Waals surface area (Å²) in [7, 11) is 0. The summed E-state index contributed by atoms with van der Waals surface area (Å²) in [5, 5.41) is 0. The maximum atomic E-state index is 15.1. The molecule has 0 aromatic carbocycles. The molecule has 0 heterocycles. The average Bonchev–Trinajstić information content (AvgIpc) is 2.69. The van der Waals surface area contributed by atoms with Crippen molar-refractivity contribution in [3.63, 3.8) is 0 Å². The molecule has 6 unspecified atom stereocenters. The molecular formula is C26H44F2. The fourth-order valence-electron chi connectivity index (χ4n) is 7.68. The van der Waals surface area contributed by atoms with Crippen LogP contribution in [0.2, 0.25) is 0 Å². The third-order valence-electron chi connectivity index (χ3n) is 9.73. The Morgan fingerprint density at radius 1 is 0.429 bits per heavy atom. The standard InChI is InChI=1S/C26H44F2/c1-17-3-7-19(8-4-17)23-13-11-21(15-25(23)27)22-12-14-24(26(28)16-22)20-9-5-18(2)6-10-20/h17-26H,3-16H2,1-2H3. The molecule has 0 aromatic heterocycles. The van der Waals surface area contributed by atoms with Crippen molar-refractivity contribution in [2.24, 2.45) is 47.3 Å². The molecule has 0 aromatic rings. The Bertz CT molecular complexity index is 431. The van der Waals surface area contributed by atoms with E-state index >= 15 is 8.78 Å². The van der Waals surface area contributed by atoms with Gasteiger partial charge < -0.3 is 0 Å². The molecule has 0 saturated heterocycles. The van der Waals surface area contributed by atoms with Gasteiger partial charge in [-0.3, -0.25) is 0 Å². The molecule has 0 N–H and O–H groups in total. The first kappa shape index (κ1) is 21.1. The van der Waals surface area contributed by atoms with Crippen molar-refractivity contribution in [3.8, 4) is 0 Å². The topological polar surface area (TPSA) is 0 Å². The van der Waals surface area contributed by atoms with E-state index in [4.69, 9.17) is 0 Å². The molecule has 28 heavy (non-hydrogen) atoms. The minimum Gasteiger partial charge on any atom is -0.247 e. The van der Waals surface area contributed by atoms with E-state index in [9.17, 15) is 0 Å². The van der Waals surface area contributed by atoms with Crippen LogP contribution in [0.15, 0.2) is 0 Å². The summed E-state index contributed by atoms with van der Waals surface area (Å²) in [6, 6.07) is 0. The van der Waals surface area contributed by atoms with Crippen molar-refractivity contribution in [1.29, 1.82) is 0 Å². The third kappa shape index (κ3) is 4.77. The number of hydrogen-bond acceptors (Lipinski definition) is 0. The summed E-state index contributed by atoms with van der Waals surface area (Å²) >= 11 is 0. The lowest BCUT2D eigenvalue weighted by Crippen LogP contribution is -2.39. The van der Waals surface area contributed by atoms with Gasteiger partial charge in [0.05, 0.1) is 0 Å². The Labute approximate surface area is 172 Å². The zero-order valence-corrected chi connectivity index (χ0v) is 18.4. The molecule has 4 rings (SSSR count). The van der Waals surface area contributed by atoms with Gasteiger partial charge in [-0.15, -0.1) is 0 Å². The Kier molecular flexibility index (Phi) is 7.04. The van der Waals surface area contributed by atoms with Crippen LogP contribution in [0.3, 0.4) is 0 Å². The lowest BCUT2D eigenvalue weighted by atomic mass is 9.62. The SMILES string of the molecule is CC1CCC(C2CCC(C3CCC(C4CCC(C)CC4)C(F)C3)CC2F)CC1. The van der Waals surface area contributed by atoms with Gasteiger partial charge in [0, 0.05) is 0 Å². The molecule has 4 aliphatic rings. The fraction of sp³-hybridized carbons (Fsp3) is 1.00. The molecule has 4 aliphatic carbocycles. The van der Waals surface area contributed by atoms with Gasteiger partial charge in [-0.1, -0.05) is 39.5 Å². The Balaban J connectivity index is 1.26. The maximum Gasteiger partial charge on any atom is 0.103 e. The molecule has 4 saturated carbocycles. The molecule has 2 heteroatoms. The molecule has 0 nitrogen and oxygen atoms in total. The lowest BCUT2D eigenvalue weighted by molar-refractivity contribution is 0.00472. The van der Waals surface area contributed by atoms with Gasteiger partial charge >= 0.3 is 0 Å². The Morgan fingerprint density at radius 2 is 0.750 bits per heavy atom. The summed E-state index contributed by atoms with van der Waals surface area (Å²) in [5.74, 6) is 4.48. The van der Waals surface area contributed by atoms with Gasteiger partial charge in [0.2, 0.25) is 0 Å². The largest absolute Gasteiger partial charge is 0.247 e. The molecule has 6 atom stereocenters. The minimum atomic E-state index is -0.618. The second-order valence-electron chi connectivity index (χ2n) is 11.5. The zero-order valence-electron chi connectivity index (χ0n) is 18.4. The van der Waals surface area contributed by atoms with Gasteiger partial charge in [0.15, 0.2) is 0 Å². The first-order valence-electron chi connectivity index (χ1n) is 12.8. The van der Waals surface area contributed by atoms with Crippen molar-refractivity contribution in [1.82, 2.24) is 0 Å². The van der Waals surface area contributed by atoms with E-state index in [1.54, 1.807) is 0 Å². The normalized spacial score (nSPS) is 51.0. The van der Waals surface area contributed by atoms with Crippen LogP contribution in [-0.4, -0.2) is 12.3 Å². The van der Waals surface area contributed by atoms with E-state index in [2.05, 4.69) is 13.8 Å². The van der Waals surface area contributed by atoms with E-state index in [1.807, 2.05) is 0 Å². The summed E-state index contributed by atoms with van der Waals surface area (Å²) in [6.45, 7) is 4.69. The highest BCUT2D eigenvalue weighted by molar-refractivity contribution is 4.93. The van der Waals surface area contributed by atoms with Crippen LogP contribution < -0.4 is 0 Å². The summed E-state index contributed by atoms with van der Waals surface area (Å²) in [5.41, 5.74) is 0. The van der Waals surface area contributed by atoms with Crippen molar-refractivity contribution >= 4 is 0 Å². The van der Waals surface area contributed by atoms with Crippen molar-refractivity contribution in [2.45, 2.75) is 116 Å². The number of halogens is 2. The van der Waals surface area contributed by atoms with E-state index in [1.165, 1.54) is 64.2 Å². The van der Waals surface area contributed by atoms with Gasteiger partial charge in [-0.05, 0) is 112 Å². The van der Waals surface area contributed by atoms with Gasteiger partial charge in [0.1, 0.15) is 12.3 Å². The van der Waals surface area contributed by atoms with Crippen molar-refractivity contribution in [3.05, 3.63) is 0 Å². The van der Waals surface area contributed by atoms with Crippen LogP contribution in [0, 0.1) is 47.3 Å². The highest BCUT2D eigenvalue weighted by atomic mass is 19.1. The number of rotatable bonds is 3.